The van der Waals surface area contributed by atoms with E-state index in [1.165, 1.54) is 16.5 Å². The first-order chi connectivity index (χ1) is 13.0. The van der Waals surface area contributed by atoms with Crippen molar-refractivity contribution >= 4 is 22.7 Å². The van der Waals surface area contributed by atoms with E-state index in [9.17, 15) is 9.59 Å². The number of rotatable bonds is 5. The molecule has 1 fully saturated rings. The van der Waals surface area contributed by atoms with Gasteiger partial charge in [-0.15, -0.1) is 6.58 Å². The van der Waals surface area contributed by atoms with Crippen LogP contribution in [-0.4, -0.2) is 47.4 Å². The molecule has 2 aliphatic rings. The maximum absolute atomic E-state index is 13.0. The van der Waals surface area contributed by atoms with Crippen molar-refractivity contribution in [2.75, 3.05) is 19.6 Å². The summed E-state index contributed by atoms with van der Waals surface area (Å²) in [6, 6.07) is 6.44. The Hall–Kier alpha value is -2.60. The molecule has 0 bridgehead atoms. The third kappa shape index (κ3) is 2.58. The van der Waals surface area contributed by atoms with Gasteiger partial charge in [-0.25, -0.2) is 0 Å². The van der Waals surface area contributed by atoms with Gasteiger partial charge in [-0.05, 0) is 37.0 Å². The number of hydrogen-bond acceptors (Lipinski definition) is 3. The van der Waals surface area contributed by atoms with E-state index in [1.807, 2.05) is 19.1 Å². The molecule has 3 atom stereocenters. The lowest BCUT2D eigenvalue weighted by molar-refractivity contribution is -0.147. The molecule has 0 saturated carbocycles. The van der Waals surface area contributed by atoms with Gasteiger partial charge in [0.05, 0.1) is 0 Å². The fourth-order valence-electron chi connectivity index (χ4n) is 5.01. The van der Waals surface area contributed by atoms with Crippen molar-refractivity contribution in [3.8, 4) is 0 Å². The van der Waals surface area contributed by atoms with Crippen molar-refractivity contribution < 1.29 is 9.59 Å². The number of primary amides is 1. The average Bonchev–Trinajstić information content (AvgIpc) is 3.07. The molecule has 4 N–H and O–H groups in total. The quantitative estimate of drug-likeness (QED) is 0.555. The lowest BCUT2D eigenvalue weighted by Crippen LogP contribution is -2.63. The number of amides is 2. The molecule has 0 spiro atoms. The smallest absolute Gasteiger partial charge is 0.237 e. The summed E-state index contributed by atoms with van der Waals surface area (Å²) in [6.45, 7) is 7.15. The molecule has 2 heterocycles. The van der Waals surface area contributed by atoms with Crippen molar-refractivity contribution in [2.24, 2.45) is 11.1 Å². The van der Waals surface area contributed by atoms with Crippen LogP contribution < -0.4 is 11.1 Å². The molecule has 1 aliphatic carbocycles. The van der Waals surface area contributed by atoms with Gasteiger partial charge in [-0.1, -0.05) is 18.2 Å². The minimum atomic E-state index is -1.23. The van der Waals surface area contributed by atoms with Crippen LogP contribution >= 0.6 is 0 Å². The molecule has 142 valence electrons. The van der Waals surface area contributed by atoms with Gasteiger partial charge in [0.1, 0.15) is 5.41 Å². The van der Waals surface area contributed by atoms with Gasteiger partial charge in [-0.3, -0.25) is 14.5 Å². The largest absolute Gasteiger partial charge is 0.369 e. The summed E-state index contributed by atoms with van der Waals surface area (Å²) in [5, 5.41) is 4.07. The van der Waals surface area contributed by atoms with Gasteiger partial charge in [0.2, 0.25) is 11.8 Å². The van der Waals surface area contributed by atoms with E-state index in [-0.39, 0.29) is 17.9 Å². The Labute approximate surface area is 158 Å². The van der Waals surface area contributed by atoms with E-state index in [2.05, 4.69) is 40.1 Å². The third-order valence-corrected chi connectivity index (χ3v) is 6.23. The predicted molar refractivity (Wildman–Crippen MR) is 105 cm³/mol. The van der Waals surface area contributed by atoms with Crippen LogP contribution in [0.5, 0.6) is 0 Å². The van der Waals surface area contributed by atoms with E-state index in [4.69, 9.17) is 5.73 Å². The molecule has 4 rings (SSSR count). The molecule has 6 nitrogen and oxygen atoms in total. The molecule has 1 aromatic heterocycles. The number of nitrogens with two attached hydrogens (primary N) is 1. The van der Waals surface area contributed by atoms with Crippen LogP contribution in [0.15, 0.2) is 37.1 Å². The second kappa shape index (κ2) is 6.53. The fraction of sp³-hybridized carbons (Fsp3) is 0.429. The lowest BCUT2D eigenvalue weighted by Gasteiger charge is -2.50. The SMILES string of the molecule is C=CCN1CC(C(N)=O)(C(=O)NCC)C[C@@H]2c3cccc4[nH]cc(c34)C[C@H]21. The molecule has 2 aromatic rings. The summed E-state index contributed by atoms with van der Waals surface area (Å²) in [5.41, 5.74) is 8.19. The number of nitrogens with zero attached hydrogens (tertiary/aromatic N) is 1. The van der Waals surface area contributed by atoms with E-state index in [0.717, 1.165) is 11.9 Å². The molecule has 6 heteroatoms. The molecule has 1 unspecified atom stereocenters. The van der Waals surface area contributed by atoms with Crippen LogP contribution in [0.1, 0.15) is 30.4 Å². The van der Waals surface area contributed by atoms with Crippen molar-refractivity contribution in [1.82, 2.24) is 15.2 Å². The van der Waals surface area contributed by atoms with Gasteiger partial charge in [0.15, 0.2) is 0 Å². The first kappa shape index (κ1) is 17.8. The highest BCUT2D eigenvalue weighted by molar-refractivity contribution is 6.05. The zero-order chi connectivity index (χ0) is 19.2. The Morgan fingerprint density at radius 3 is 3.00 bits per heavy atom. The molecule has 2 amide bonds. The summed E-state index contributed by atoms with van der Waals surface area (Å²) in [4.78, 5) is 31.1. The molecular formula is C21H26N4O2. The highest BCUT2D eigenvalue weighted by atomic mass is 16.2. The van der Waals surface area contributed by atoms with E-state index in [1.54, 1.807) is 0 Å². The number of nitrogens with one attached hydrogen (secondary N) is 2. The number of aromatic amines is 1. The summed E-state index contributed by atoms with van der Waals surface area (Å²) in [5.74, 6) is -0.745. The number of likely N-dealkylation sites (tertiary alicyclic amines) is 1. The number of carbonyl (C=O) groups is 2. The molecule has 1 saturated heterocycles. The minimum Gasteiger partial charge on any atom is -0.369 e. The second-order valence-corrected chi connectivity index (χ2v) is 7.69. The van der Waals surface area contributed by atoms with Crippen LogP contribution in [0.2, 0.25) is 0 Å². The summed E-state index contributed by atoms with van der Waals surface area (Å²) < 4.78 is 0. The highest BCUT2D eigenvalue weighted by Crippen LogP contribution is 2.48. The van der Waals surface area contributed by atoms with Crippen LogP contribution in [0.4, 0.5) is 0 Å². The average molecular weight is 366 g/mol. The number of H-pyrrole nitrogens is 1. The van der Waals surface area contributed by atoms with Crippen molar-refractivity contribution in [3.63, 3.8) is 0 Å². The number of carbonyl (C=O) groups excluding carboxylic acids is 2. The maximum atomic E-state index is 13.0. The normalized spacial score (nSPS) is 27.1. The number of hydrogen-bond donors (Lipinski definition) is 3. The summed E-state index contributed by atoms with van der Waals surface area (Å²) >= 11 is 0. The molecule has 27 heavy (non-hydrogen) atoms. The Morgan fingerprint density at radius 1 is 1.48 bits per heavy atom. The van der Waals surface area contributed by atoms with Crippen molar-refractivity contribution in [1.29, 1.82) is 0 Å². The topological polar surface area (TPSA) is 91.2 Å². The van der Waals surface area contributed by atoms with Gasteiger partial charge >= 0.3 is 0 Å². The Bertz CT molecular complexity index is 918. The zero-order valence-corrected chi connectivity index (χ0v) is 15.6. The monoisotopic (exact) mass is 366 g/mol. The van der Waals surface area contributed by atoms with Crippen LogP contribution in [0.3, 0.4) is 0 Å². The summed E-state index contributed by atoms with van der Waals surface area (Å²) in [7, 11) is 0. The van der Waals surface area contributed by atoms with Gasteiger partial charge in [-0.2, -0.15) is 0 Å². The van der Waals surface area contributed by atoms with Crippen molar-refractivity contribution in [3.05, 3.63) is 48.2 Å². The van der Waals surface area contributed by atoms with E-state index in [0.29, 0.717) is 26.1 Å². The Morgan fingerprint density at radius 2 is 2.30 bits per heavy atom. The molecule has 1 aliphatic heterocycles. The first-order valence-corrected chi connectivity index (χ1v) is 9.54. The zero-order valence-electron chi connectivity index (χ0n) is 15.6. The molecule has 0 radical (unpaired) electrons. The Balaban J connectivity index is 1.85. The van der Waals surface area contributed by atoms with Gasteiger partial charge in [0.25, 0.3) is 0 Å². The highest BCUT2D eigenvalue weighted by Gasteiger charge is 2.54. The summed E-state index contributed by atoms with van der Waals surface area (Å²) in [6.07, 6.45) is 5.24. The van der Waals surface area contributed by atoms with Gasteiger partial charge in [0, 0.05) is 48.7 Å². The number of fused-ring (bicyclic) bond motifs is 2. The van der Waals surface area contributed by atoms with Crippen LogP contribution in [-0.2, 0) is 16.0 Å². The maximum Gasteiger partial charge on any atom is 0.237 e. The van der Waals surface area contributed by atoms with Crippen molar-refractivity contribution in [2.45, 2.75) is 31.7 Å². The lowest BCUT2D eigenvalue weighted by atomic mass is 9.65. The first-order valence-electron chi connectivity index (χ1n) is 9.54. The Kier molecular flexibility index (Phi) is 4.30. The number of aromatic nitrogens is 1. The van der Waals surface area contributed by atoms with E-state index < -0.39 is 11.3 Å². The van der Waals surface area contributed by atoms with Gasteiger partial charge < -0.3 is 16.0 Å². The standard InChI is InChI=1S/C21H26N4O2/c1-3-8-25-12-21(19(22)26,20(27)23-4-2)10-15-14-6-5-7-16-18(14)13(11-24-16)9-17(15)25/h3,5-7,11,15,17,24H,1,4,8-10,12H2,2H3,(H2,22,26)(H,23,27)/t15-,17-,21?/m1/s1. The molecular weight excluding hydrogens is 340 g/mol. The number of benzene rings is 1. The second-order valence-electron chi connectivity index (χ2n) is 7.69. The predicted octanol–water partition coefficient (Wildman–Crippen LogP) is 1.68. The van der Waals surface area contributed by atoms with Crippen LogP contribution in [0.25, 0.3) is 10.9 Å². The fourth-order valence-corrected chi connectivity index (χ4v) is 5.01. The number of piperidine rings is 1. The minimum absolute atomic E-state index is 0.0702. The third-order valence-electron chi connectivity index (χ3n) is 6.23. The molecule has 1 aromatic carbocycles. The van der Waals surface area contributed by atoms with E-state index >= 15 is 0 Å². The van der Waals surface area contributed by atoms with Crippen LogP contribution in [0, 0.1) is 5.41 Å².